The summed E-state index contributed by atoms with van der Waals surface area (Å²) in [5, 5.41) is 11.3. The molecule has 7 heteroatoms. The molecule has 1 aliphatic heterocycles. The standard InChI is InChI=1S/C17H21FN2O4/c1-17(2,3)24-15(21)19-14-5-4-12(10-13(14)18)11-6-8-20(9-7-11)16(22)23/h4-6,10H,7-9H2,1-3H3,(H,19,21)(H,22,23). The maximum absolute atomic E-state index is 14.2. The number of ether oxygens (including phenoxy) is 1. The molecular formula is C17H21FN2O4. The summed E-state index contributed by atoms with van der Waals surface area (Å²) in [5.74, 6) is -0.570. The first-order valence-electron chi connectivity index (χ1n) is 7.62. The van der Waals surface area contributed by atoms with Gasteiger partial charge in [0.05, 0.1) is 5.69 Å². The number of nitrogens with zero attached hydrogens (tertiary/aromatic N) is 1. The molecule has 2 N–H and O–H groups in total. The Morgan fingerprint density at radius 2 is 2.04 bits per heavy atom. The minimum atomic E-state index is -0.964. The van der Waals surface area contributed by atoms with Crippen molar-refractivity contribution in [3.05, 3.63) is 35.7 Å². The molecule has 6 nitrogen and oxygen atoms in total. The van der Waals surface area contributed by atoms with Gasteiger partial charge in [0.2, 0.25) is 0 Å². The van der Waals surface area contributed by atoms with Crippen LogP contribution in [0.25, 0.3) is 5.57 Å². The van der Waals surface area contributed by atoms with Crippen molar-refractivity contribution in [1.82, 2.24) is 4.90 Å². The molecule has 0 bridgehead atoms. The van der Waals surface area contributed by atoms with Crippen LogP contribution in [0.3, 0.4) is 0 Å². The molecule has 0 radical (unpaired) electrons. The predicted molar refractivity (Wildman–Crippen MR) is 88.4 cm³/mol. The van der Waals surface area contributed by atoms with Crippen molar-refractivity contribution in [2.75, 3.05) is 18.4 Å². The van der Waals surface area contributed by atoms with Crippen LogP contribution < -0.4 is 5.32 Å². The van der Waals surface area contributed by atoms with Crippen LogP contribution in [0.15, 0.2) is 24.3 Å². The maximum Gasteiger partial charge on any atom is 0.412 e. The molecule has 24 heavy (non-hydrogen) atoms. The summed E-state index contributed by atoms with van der Waals surface area (Å²) in [5.41, 5.74) is 0.933. The van der Waals surface area contributed by atoms with E-state index in [4.69, 9.17) is 9.84 Å². The van der Waals surface area contributed by atoms with E-state index in [1.54, 1.807) is 32.9 Å². The Balaban J connectivity index is 2.08. The number of carbonyl (C=O) groups is 2. The van der Waals surface area contributed by atoms with Crippen LogP contribution >= 0.6 is 0 Å². The predicted octanol–water partition coefficient (Wildman–Crippen LogP) is 3.94. The van der Waals surface area contributed by atoms with E-state index >= 15 is 0 Å². The zero-order valence-corrected chi connectivity index (χ0v) is 13.9. The number of benzene rings is 1. The Morgan fingerprint density at radius 3 is 2.54 bits per heavy atom. The van der Waals surface area contributed by atoms with Gasteiger partial charge >= 0.3 is 12.2 Å². The fraction of sp³-hybridized carbons (Fsp3) is 0.412. The Kier molecular flexibility index (Phi) is 5.11. The Bertz CT molecular complexity index is 680. The van der Waals surface area contributed by atoms with Crippen LogP contribution in [-0.4, -0.2) is 40.9 Å². The van der Waals surface area contributed by atoms with Gasteiger partial charge in [0.25, 0.3) is 0 Å². The first kappa shape index (κ1) is 17.8. The number of amides is 2. The van der Waals surface area contributed by atoms with Crippen molar-refractivity contribution in [3.63, 3.8) is 0 Å². The third kappa shape index (κ3) is 4.71. The summed E-state index contributed by atoms with van der Waals surface area (Å²) < 4.78 is 19.3. The van der Waals surface area contributed by atoms with Gasteiger partial charge in [-0.05, 0) is 50.5 Å². The molecule has 0 saturated heterocycles. The monoisotopic (exact) mass is 336 g/mol. The van der Waals surface area contributed by atoms with Crippen molar-refractivity contribution in [2.24, 2.45) is 0 Å². The van der Waals surface area contributed by atoms with Crippen molar-refractivity contribution >= 4 is 23.4 Å². The van der Waals surface area contributed by atoms with Crippen molar-refractivity contribution in [3.8, 4) is 0 Å². The minimum absolute atomic E-state index is 0.0385. The summed E-state index contributed by atoms with van der Waals surface area (Å²) in [4.78, 5) is 23.9. The Morgan fingerprint density at radius 1 is 1.33 bits per heavy atom. The van der Waals surface area contributed by atoms with E-state index in [1.807, 2.05) is 0 Å². The summed E-state index contributed by atoms with van der Waals surface area (Å²) in [6.45, 7) is 5.83. The molecule has 1 aromatic rings. The fourth-order valence-electron chi connectivity index (χ4n) is 2.33. The van der Waals surface area contributed by atoms with Crippen LogP contribution in [0, 0.1) is 5.82 Å². The van der Waals surface area contributed by atoms with Gasteiger partial charge in [0.1, 0.15) is 11.4 Å². The van der Waals surface area contributed by atoms with Crippen molar-refractivity contribution in [2.45, 2.75) is 32.8 Å². The van der Waals surface area contributed by atoms with Crippen molar-refractivity contribution < 1.29 is 23.8 Å². The highest BCUT2D eigenvalue weighted by Crippen LogP contribution is 2.26. The molecule has 0 aliphatic carbocycles. The number of carbonyl (C=O) groups excluding carboxylic acids is 1. The molecule has 1 heterocycles. The van der Waals surface area contributed by atoms with E-state index in [9.17, 15) is 14.0 Å². The summed E-state index contributed by atoms with van der Waals surface area (Å²) in [6, 6.07) is 4.49. The molecule has 0 aromatic heterocycles. The molecule has 0 atom stereocenters. The number of hydrogen-bond donors (Lipinski definition) is 2. The van der Waals surface area contributed by atoms with Crippen molar-refractivity contribution in [1.29, 1.82) is 0 Å². The van der Waals surface area contributed by atoms with E-state index in [1.165, 1.54) is 17.0 Å². The molecule has 0 unspecified atom stereocenters. The Labute approximate surface area is 139 Å². The molecule has 1 aliphatic rings. The second-order valence-electron chi connectivity index (χ2n) is 6.53. The van der Waals surface area contributed by atoms with Gasteiger partial charge < -0.3 is 14.7 Å². The average Bonchev–Trinajstić information content (AvgIpc) is 2.47. The third-order valence-corrected chi connectivity index (χ3v) is 3.46. The number of nitrogens with one attached hydrogen (secondary N) is 1. The lowest BCUT2D eigenvalue weighted by molar-refractivity contribution is 0.0635. The number of anilines is 1. The van der Waals surface area contributed by atoms with E-state index in [2.05, 4.69) is 5.32 Å². The van der Waals surface area contributed by atoms with Gasteiger partial charge in [-0.3, -0.25) is 5.32 Å². The molecule has 130 valence electrons. The second-order valence-corrected chi connectivity index (χ2v) is 6.53. The van der Waals surface area contributed by atoms with Crippen LogP contribution in [0.1, 0.15) is 32.8 Å². The Hall–Kier alpha value is -2.57. The maximum atomic E-state index is 14.2. The highest BCUT2D eigenvalue weighted by atomic mass is 19.1. The van der Waals surface area contributed by atoms with Gasteiger partial charge in [-0.25, -0.2) is 14.0 Å². The molecule has 0 spiro atoms. The van der Waals surface area contributed by atoms with Gasteiger partial charge in [0.15, 0.2) is 0 Å². The number of carboxylic acid groups (broad SMARTS) is 1. The quantitative estimate of drug-likeness (QED) is 0.857. The highest BCUT2D eigenvalue weighted by molar-refractivity contribution is 5.85. The van der Waals surface area contributed by atoms with Crippen LogP contribution in [0.5, 0.6) is 0 Å². The normalized spacial score (nSPS) is 14.8. The van der Waals surface area contributed by atoms with E-state index in [0.717, 1.165) is 5.57 Å². The first-order valence-corrected chi connectivity index (χ1v) is 7.62. The zero-order chi connectivity index (χ0) is 17.9. The number of halogens is 1. The van der Waals surface area contributed by atoms with Crippen LogP contribution in [0.4, 0.5) is 19.7 Å². The zero-order valence-electron chi connectivity index (χ0n) is 13.9. The SMILES string of the molecule is CC(C)(C)OC(=O)Nc1ccc(C2=CCN(C(=O)O)CC2)cc1F. The summed E-state index contributed by atoms with van der Waals surface area (Å²) in [7, 11) is 0. The van der Waals surface area contributed by atoms with Gasteiger partial charge in [-0.15, -0.1) is 0 Å². The highest BCUT2D eigenvalue weighted by Gasteiger charge is 2.19. The smallest absolute Gasteiger partial charge is 0.412 e. The minimum Gasteiger partial charge on any atom is -0.465 e. The molecule has 2 rings (SSSR count). The average molecular weight is 336 g/mol. The third-order valence-electron chi connectivity index (χ3n) is 3.46. The lowest BCUT2D eigenvalue weighted by Crippen LogP contribution is -2.33. The molecular weight excluding hydrogens is 315 g/mol. The molecule has 0 saturated carbocycles. The van der Waals surface area contributed by atoms with E-state index in [-0.39, 0.29) is 12.2 Å². The number of rotatable bonds is 2. The van der Waals surface area contributed by atoms with E-state index < -0.39 is 23.6 Å². The lowest BCUT2D eigenvalue weighted by atomic mass is 9.99. The summed E-state index contributed by atoms with van der Waals surface area (Å²) in [6.07, 6.45) is 0.606. The van der Waals surface area contributed by atoms with Gasteiger partial charge in [0, 0.05) is 13.1 Å². The van der Waals surface area contributed by atoms with Crippen LogP contribution in [-0.2, 0) is 4.74 Å². The largest absolute Gasteiger partial charge is 0.465 e. The first-order chi connectivity index (χ1) is 11.2. The fourth-order valence-corrected chi connectivity index (χ4v) is 2.33. The second kappa shape index (κ2) is 6.90. The molecule has 2 amide bonds. The summed E-state index contributed by atoms with van der Waals surface area (Å²) >= 11 is 0. The lowest BCUT2D eigenvalue weighted by Gasteiger charge is -2.24. The van der Waals surface area contributed by atoms with Gasteiger partial charge in [-0.2, -0.15) is 0 Å². The molecule has 1 aromatic carbocycles. The molecule has 0 fully saturated rings. The topological polar surface area (TPSA) is 78.9 Å². The number of hydrogen-bond acceptors (Lipinski definition) is 3. The van der Waals surface area contributed by atoms with Crippen LogP contribution in [0.2, 0.25) is 0 Å². The van der Waals surface area contributed by atoms with E-state index in [0.29, 0.717) is 18.5 Å². The van der Waals surface area contributed by atoms with Gasteiger partial charge in [-0.1, -0.05) is 12.1 Å².